The summed E-state index contributed by atoms with van der Waals surface area (Å²) < 4.78 is 5.82. The number of hydrogen-bond donors (Lipinski definition) is 0. The van der Waals surface area contributed by atoms with Crippen LogP contribution in [0.4, 0.5) is 5.82 Å². The van der Waals surface area contributed by atoms with E-state index < -0.39 is 0 Å². The molecule has 0 radical (unpaired) electrons. The van der Waals surface area contributed by atoms with Gasteiger partial charge in [0.15, 0.2) is 0 Å². The summed E-state index contributed by atoms with van der Waals surface area (Å²) in [6.07, 6.45) is 1.52. The van der Waals surface area contributed by atoms with Gasteiger partial charge >= 0.3 is 0 Å². The number of nitrogens with zero attached hydrogens (tertiary/aromatic N) is 4. The van der Waals surface area contributed by atoms with Gasteiger partial charge in [-0.2, -0.15) is 0 Å². The van der Waals surface area contributed by atoms with Crippen molar-refractivity contribution in [2.75, 3.05) is 24.5 Å². The van der Waals surface area contributed by atoms with E-state index in [0.717, 1.165) is 22.7 Å². The molecule has 2 aromatic carbocycles. The molecule has 1 aliphatic rings. The molecule has 1 aliphatic heterocycles. The lowest BCUT2D eigenvalue weighted by atomic mass is 10.1. The minimum Gasteiger partial charge on any atom is -0.439 e. The predicted octanol–water partition coefficient (Wildman–Crippen LogP) is 3.93. The lowest BCUT2D eigenvalue weighted by Gasteiger charge is -2.40. The largest absolute Gasteiger partial charge is 0.439 e. The highest BCUT2D eigenvalue weighted by Crippen LogP contribution is 2.24. The molecule has 1 atom stereocenters. The Morgan fingerprint density at radius 1 is 1.03 bits per heavy atom. The number of anilines is 1. The summed E-state index contributed by atoms with van der Waals surface area (Å²) >= 11 is 0. The van der Waals surface area contributed by atoms with Crippen LogP contribution in [0.3, 0.4) is 0 Å². The van der Waals surface area contributed by atoms with Gasteiger partial charge in [0.2, 0.25) is 5.88 Å². The molecule has 0 bridgehead atoms. The van der Waals surface area contributed by atoms with E-state index in [2.05, 4.69) is 21.8 Å². The van der Waals surface area contributed by atoms with Crippen LogP contribution in [0.15, 0.2) is 67.0 Å². The molecule has 0 spiro atoms. The molecule has 1 fully saturated rings. The average molecular weight is 388 g/mol. The van der Waals surface area contributed by atoms with Gasteiger partial charge in [0, 0.05) is 37.3 Å². The summed E-state index contributed by atoms with van der Waals surface area (Å²) in [5, 5.41) is 0. The van der Waals surface area contributed by atoms with Crippen LogP contribution in [0.2, 0.25) is 0 Å². The highest BCUT2D eigenvalue weighted by Gasteiger charge is 2.29. The van der Waals surface area contributed by atoms with Crippen LogP contribution < -0.4 is 9.64 Å². The molecule has 0 N–H and O–H groups in total. The van der Waals surface area contributed by atoms with Crippen molar-refractivity contribution in [3.63, 3.8) is 0 Å². The number of amides is 1. The number of ether oxygens (including phenoxy) is 1. The molecule has 4 rings (SSSR count). The van der Waals surface area contributed by atoms with Gasteiger partial charge < -0.3 is 14.5 Å². The van der Waals surface area contributed by atoms with Gasteiger partial charge in [0.05, 0.1) is 0 Å². The second kappa shape index (κ2) is 8.31. The number of para-hydroxylation sites is 1. The molecule has 3 aromatic rings. The van der Waals surface area contributed by atoms with E-state index in [1.54, 1.807) is 0 Å². The Morgan fingerprint density at radius 2 is 1.79 bits per heavy atom. The molecule has 2 heterocycles. The van der Waals surface area contributed by atoms with E-state index in [0.29, 0.717) is 25.5 Å². The molecular weight excluding hydrogens is 364 g/mol. The molecule has 148 valence electrons. The molecule has 0 saturated carbocycles. The summed E-state index contributed by atoms with van der Waals surface area (Å²) in [5.74, 6) is 2.12. The van der Waals surface area contributed by atoms with Gasteiger partial charge in [0.1, 0.15) is 17.9 Å². The number of aromatic nitrogens is 2. The number of aryl methyl sites for hydroxylation is 1. The van der Waals surface area contributed by atoms with Crippen molar-refractivity contribution in [3.05, 3.63) is 78.1 Å². The predicted molar refractivity (Wildman–Crippen MR) is 112 cm³/mol. The average Bonchev–Trinajstić information content (AvgIpc) is 2.75. The van der Waals surface area contributed by atoms with Crippen molar-refractivity contribution in [2.45, 2.75) is 19.9 Å². The summed E-state index contributed by atoms with van der Waals surface area (Å²) in [6, 6.07) is 19.2. The molecule has 6 heteroatoms. The van der Waals surface area contributed by atoms with Crippen molar-refractivity contribution in [2.24, 2.45) is 0 Å². The van der Waals surface area contributed by atoms with E-state index in [4.69, 9.17) is 4.74 Å². The van der Waals surface area contributed by atoms with Gasteiger partial charge in [-0.25, -0.2) is 9.97 Å². The quantitative estimate of drug-likeness (QED) is 0.678. The fourth-order valence-electron chi connectivity index (χ4n) is 3.50. The van der Waals surface area contributed by atoms with Crippen LogP contribution in [0.5, 0.6) is 11.6 Å². The number of benzene rings is 2. The standard InChI is InChI=1S/C23H24N4O2/c1-17-8-10-19(11-9-17)23(28)27-13-12-26(15-18(27)2)21-14-22(25-16-24-21)29-20-6-4-3-5-7-20/h3-11,14,16,18H,12-13,15H2,1-2H3/t18-/m0/s1. The highest BCUT2D eigenvalue weighted by atomic mass is 16.5. The first-order valence-corrected chi connectivity index (χ1v) is 9.78. The Balaban J connectivity index is 1.44. The van der Waals surface area contributed by atoms with Gasteiger partial charge in [-0.1, -0.05) is 35.9 Å². The zero-order valence-corrected chi connectivity index (χ0v) is 16.7. The van der Waals surface area contributed by atoms with E-state index in [-0.39, 0.29) is 11.9 Å². The second-order valence-electron chi connectivity index (χ2n) is 7.29. The summed E-state index contributed by atoms with van der Waals surface area (Å²) in [5.41, 5.74) is 1.88. The third kappa shape index (κ3) is 4.37. The number of carbonyl (C=O) groups excluding carboxylic acids is 1. The first-order chi connectivity index (χ1) is 14.1. The number of rotatable bonds is 4. The maximum atomic E-state index is 12.9. The fourth-order valence-corrected chi connectivity index (χ4v) is 3.50. The Bertz CT molecular complexity index is 976. The summed E-state index contributed by atoms with van der Waals surface area (Å²) in [4.78, 5) is 25.6. The first-order valence-electron chi connectivity index (χ1n) is 9.78. The molecule has 0 unspecified atom stereocenters. The van der Waals surface area contributed by atoms with Crippen LogP contribution in [0.25, 0.3) is 0 Å². The number of piperazine rings is 1. The first kappa shape index (κ1) is 18.9. The molecule has 1 amide bonds. The SMILES string of the molecule is Cc1ccc(C(=O)N2CCN(c3cc(Oc4ccccc4)ncn3)C[C@@H]2C)cc1. The zero-order valence-electron chi connectivity index (χ0n) is 16.7. The van der Waals surface area contributed by atoms with Crippen molar-refractivity contribution < 1.29 is 9.53 Å². The maximum Gasteiger partial charge on any atom is 0.254 e. The van der Waals surface area contributed by atoms with Crippen molar-refractivity contribution in [1.82, 2.24) is 14.9 Å². The van der Waals surface area contributed by atoms with Crippen LogP contribution >= 0.6 is 0 Å². The van der Waals surface area contributed by atoms with Crippen LogP contribution in [-0.4, -0.2) is 46.5 Å². The number of carbonyl (C=O) groups is 1. The number of hydrogen-bond acceptors (Lipinski definition) is 5. The van der Waals surface area contributed by atoms with Gasteiger partial charge in [0.25, 0.3) is 5.91 Å². The third-order valence-electron chi connectivity index (χ3n) is 5.10. The van der Waals surface area contributed by atoms with Crippen LogP contribution in [0, 0.1) is 6.92 Å². The van der Waals surface area contributed by atoms with Gasteiger partial charge in [-0.15, -0.1) is 0 Å². The topological polar surface area (TPSA) is 58.6 Å². The molecule has 1 saturated heterocycles. The zero-order chi connectivity index (χ0) is 20.2. The normalized spacial score (nSPS) is 16.6. The van der Waals surface area contributed by atoms with Crippen molar-refractivity contribution in [3.8, 4) is 11.6 Å². The maximum absolute atomic E-state index is 12.9. The van der Waals surface area contributed by atoms with Crippen molar-refractivity contribution in [1.29, 1.82) is 0 Å². The Hall–Kier alpha value is -3.41. The minimum absolute atomic E-state index is 0.0750. The smallest absolute Gasteiger partial charge is 0.254 e. The highest BCUT2D eigenvalue weighted by molar-refractivity contribution is 5.94. The van der Waals surface area contributed by atoms with Crippen LogP contribution in [-0.2, 0) is 0 Å². The lowest BCUT2D eigenvalue weighted by Crippen LogP contribution is -2.54. The lowest BCUT2D eigenvalue weighted by molar-refractivity contribution is 0.0673. The third-order valence-corrected chi connectivity index (χ3v) is 5.10. The molecular formula is C23H24N4O2. The minimum atomic E-state index is 0.0750. The molecule has 1 aromatic heterocycles. The summed E-state index contributed by atoms with van der Waals surface area (Å²) in [7, 11) is 0. The van der Waals surface area contributed by atoms with E-state index >= 15 is 0 Å². The monoisotopic (exact) mass is 388 g/mol. The van der Waals surface area contributed by atoms with E-state index in [9.17, 15) is 4.79 Å². The Morgan fingerprint density at radius 3 is 2.52 bits per heavy atom. The summed E-state index contributed by atoms with van der Waals surface area (Å²) in [6.45, 7) is 6.16. The Labute approximate surface area is 170 Å². The fraction of sp³-hybridized carbons (Fsp3) is 0.261. The van der Waals surface area contributed by atoms with Gasteiger partial charge in [-0.3, -0.25) is 4.79 Å². The van der Waals surface area contributed by atoms with Crippen molar-refractivity contribution >= 4 is 11.7 Å². The van der Waals surface area contributed by atoms with Crippen LogP contribution in [0.1, 0.15) is 22.8 Å². The molecule has 0 aliphatic carbocycles. The van der Waals surface area contributed by atoms with E-state index in [1.165, 1.54) is 6.33 Å². The molecule has 6 nitrogen and oxygen atoms in total. The Kier molecular flexibility index (Phi) is 5.42. The molecule has 29 heavy (non-hydrogen) atoms. The van der Waals surface area contributed by atoms with E-state index in [1.807, 2.05) is 72.5 Å². The second-order valence-corrected chi connectivity index (χ2v) is 7.29. The van der Waals surface area contributed by atoms with Gasteiger partial charge in [-0.05, 0) is 38.1 Å².